The molecule has 1 heterocycles. The van der Waals surface area contributed by atoms with E-state index in [4.69, 9.17) is 4.42 Å². The van der Waals surface area contributed by atoms with E-state index < -0.39 is 8.07 Å². The molecule has 3 heteroatoms. The summed E-state index contributed by atoms with van der Waals surface area (Å²) in [6.07, 6.45) is 7.06. The van der Waals surface area contributed by atoms with Crippen LogP contribution in [0.25, 0.3) is 16.3 Å². The lowest BCUT2D eigenvalue weighted by Crippen LogP contribution is -2.42. The quantitative estimate of drug-likeness (QED) is 0.774. The van der Waals surface area contributed by atoms with Crippen molar-refractivity contribution in [2.75, 3.05) is 0 Å². The molecule has 2 aromatic rings. The number of hydrogen-bond donors (Lipinski definition) is 0. The van der Waals surface area contributed by atoms with E-state index in [1.165, 1.54) is 24.0 Å². The third-order valence-electron chi connectivity index (χ3n) is 4.13. The number of hydrogen-bond acceptors (Lipinski definition) is 2. The highest BCUT2D eigenvalue weighted by atomic mass is 28.3. The Hall–Kier alpha value is -1.61. The van der Waals surface area contributed by atoms with Crippen LogP contribution in [0, 0.1) is 0 Å². The Bertz CT molecular complexity index is 763. The van der Waals surface area contributed by atoms with Crippen LogP contribution in [0.4, 0.5) is 0 Å². The molecule has 0 amide bonds. The molecule has 21 heavy (non-hydrogen) atoms. The molecule has 1 aromatic heterocycles. The standard InChI is InChI=1S/C18H22O2Si/c1-21(2,3)18-16(13-9-5-4-6-10-13)14-11-7-8-12-15(14)17(19)20-18/h7-9,11-12H,4-6,10H2,1-3H3. The predicted molar refractivity (Wildman–Crippen MR) is 91.9 cm³/mol. The number of benzene rings is 1. The normalized spacial score (nSPS) is 16.0. The average molecular weight is 298 g/mol. The summed E-state index contributed by atoms with van der Waals surface area (Å²) in [7, 11) is -1.72. The molecular formula is C18H22O2Si. The lowest BCUT2D eigenvalue weighted by molar-refractivity contribution is 0.547. The van der Waals surface area contributed by atoms with Crippen LogP contribution < -0.4 is 11.0 Å². The Labute approximate surface area is 126 Å². The Morgan fingerprint density at radius 1 is 1.05 bits per heavy atom. The molecule has 2 nitrogen and oxygen atoms in total. The van der Waals surface area contributed by atoms with Crippen molar-refractivity contribution in [2.24, 2.45) is 0 Å². The zero-order valence-electron chi connectivity index (χ0n) is 13.0. The summed E-state index contributed by atoms with van der Waals surface area (Å²) >= 11 is 0. The third kappa shape index (κ3) is 2.62. The highest BCUT2D eigenvalue weighted by molar-refractivity contribution is 6.88. The largest absolute Gasteiger partial charge is 0.432 e. The molecule has 0 N–H and O–H groups in total. The maximum atomic E-state index is 12.3. The minimum Gasteiger partial charge on any atom is -0.432 e. The van der Waals surface area contributed by atoms with Gasteiger partial charge in [0, 0.05) is 5.56 Å². The average Bonchev–Trinajstić information content (AvgIpc) is 2.47. The van der Waals surface area contributed by atoms with E-state index in [0.717, 1.165) is 23.6 Å². The van der Waals surface area contributed by atoms with E-state index >= 15 is 0 Å². The van der Waals surface area contributed by atoms with E-state index in [2.05, 4.69) is 31.8 Å². The van der Waals surface area contributed by atoms with E-state index in [0.29, 0.717) is 5.39 Å². The second-order valence-corrected chi connectivity index (χ2v) is 11.8. The van der Waals surface area contributed by atoms with Crippen LogP contribution in [0.5, 0.6) is 0 Å². The van der Waals surface area contributed by atoms with Gasteiger partial charge in [-0.15, -0.1) is 0 Å². The van der Waals surface area contributed by atoms with Crippen LogP contribution in [-0.2, 0) is 0 Å². The fourth-order valence-corrected chi connectivity index (χ4v) is 4.56. The van der Waals surface area contributed by atoms with Crippen LogP contribution in [-0.4, -0.2) is 8.07 Å². The molecule has 0 spiro atoms. The molecule has 3 rings (SSSR count). The molecule has 0 atom stereocenters. The zero-order chi connectivity index (χ0) is 15.0. The number of fused-ring (bicyclic) bond motifs is 1. The fourth-order valence-electron chi connectivity index (χ4n) is 3.11. The number of allylic oxidation sites excluding steroid dienone is 2. The first-order valence-electron chi connectivity index (χ1n) is 7.74. The van der Waals surface area contributed by atoms with Crippen LogP contribution in [0.3, 0.4) is 0 Å². The second kappa shape index (κ2) is 5.30. The smallest absolute Gasteiger partial charge is 0.343 e. The summed E-state index contributed by atoms with van der Waals surface area (Å²) in [5.74, 6) is 0. The maximum Gasteiger partial charge on any atom is 0.343 e. The van der Waals surface area contributed by atoms with Gasteiger partial charge in [0.1, 0.15) is 8.07 Å². The molecule has 1 aliphatic rings. The Balaban J connectivity index is 2.40. The summed E-state index contributed by atoms with van der Waals surface area (Å²) in [5, 5.41) is 2.74. The first kappa shape index (κ1) is 14.3. The Morgan fingerprint density at radius 3 is 2.38 bits per heavy atom. The monoisotopic (exact) mass is 298 g/mol. The Morgan fingerprint density at radius 2 is 1.76 bits per heavy atom. The SMILES string of the molecule is C[Si](C)(C)c1oc(=O)c2ccccc2c1C1=CCCCC1. The summed E-state index contributed by atoms with van der Waals surface area (Å²) < 4.78 is 5.80. The molecule has 0 aliphatic heterocycles. The molecule has 1 aliphatic carbocycles. The van der Waals surface area contributed by atoms with Crippen LogP contribution in [0.1, 0.15) is 31.2 Å². The van der Waals surface area contributed by atoms with Crippen molar-refractivity contribution in [3.05, 3.63) is 46.3 Å². The lowest BCUT2D eigenvalue weighted by atomic mass is 9.92. The van der Waals surface area contributed by atoms with Gasteiger partial charge >= 0.3 is 5.63 Å². The van der Waals surface area contributed by atoms with Gasteiger partial charge in [-0.1, -0.05) is 43.9 Å². The van der Waals surface area contributed by atoms with E-state index in [1.54, 1.807) is 0 Å². The minimum absolute atomic E-state index is 0.191. The van der Waals surface area contributed by atoms with E-state index in [1.807, 2.05) is 18.2 Å². The molecule has 1 aromatic carbocycles. The van der Waals surface area contributed by atoms with Gasteiger partial charge in [0.25, 0.3) is 0 Å². The zero-order valence-corrected chi connectivity index (χ0v) is 14.0. The summed E-state index contributed by atoms with van der Waals surface area (Å²) in [6, 6.07) is 7.87. The maximum absolute atomic E-state index is 12.3. The number of rotatable bonds is 2. The molecule has 0 bridgehead atoms. The highest BCUT2D eigenvalue weighted by Gasteiger charge is 2.28. The molecule has 0 radical (unpaired) electrons. The first-order valence-corrected chi connectivity index (χ1v) is 11.2. The second-order valence-electron chi connectivity index (χ2n) is 6.86. The van der Waals surface area contributed by atoms with E-state index in [-0.39, 0.29) is 5.63 Å². The molecule has 110 valence electrons. The molecule has 0 unspecified atom stereocenters. The molecular weight excluding hydrogens is 276 g/mol. The van der Waals surface area contributed by atoms with Crippen molar-refractivity contribution in [1.82, 2.24) is 0 Å². The highest BCUT2D eigenvalue weighted by Crippen LogP contribution is 2.31. The third-order valence-corrected chi connectivity index (χ3v) is 5.85. The van der Waals surface area contributed by atoms with E-state index in [9.17, 15) is 4.79 Å². The van der Waals surface area contributed by atoms with Gasteiger partial charge in [-0.3, -0.25) is 0 Å². The summed E-state index contributed by atoms with van der Waals surface area (Å²) in [4.78, 5) is 12.3. The predicted octanol–water partition coefficient (Wildman–Crippen LogP) is 4.30. The Kier molecular flexibility index (Phi) is 3.62. The van der Waals surface area contributed by atoms with Crippen LogP contribution >= 0.6 is 0 Å². The van der Waals surface area contributed by atoms with Crippen molar-refractivity contribution in [3.63, 3.8) is 0 Å². The van der Waals surface area contributed by atoms with Crippen molar-refractivity contribution in [2.45, 2.75) is 45.3 Å². The van der Waals surface area contributed by atoms with Gasteiger partial charge < -0.3 is 4.42 Å². The van der Waals surface area contributed by atoms with Gasteiger partial charge in [0.15, 0.2) is 0 Å². The van der Waals surface area contributed by atoms with Gasteiger partial charge in [-0.25, -0.2) is 4.79 Å². The van der Waals surface area contributed by atoms with Gasteiger partial charge in [-0.05, 0) is 42.7 Å². The van der Waals surface area contributed by atoms with Crippen LogP contribution in [0.15, 0.2) is 39.6 Å². The van der Waals surface area contributed by atoms with Crippen molar-refractivity contribution >= 4 is 29.8 Å². The lowest BCUT2D eigenvalue weighted by Gasteiger charge is -2.23. The van der Waals surface area contributed by atoms with Crippen molar-refractivity contribution < 1.29 is 4.42 Å². The van der Waals surface area contributed by atoms with Crippen molar-refractivity contribution in [3.8, 4) is 0 Å². The fraction of sp³-hybridized carbons (Fsp3) is 0.389. The van der Waals surface area contributed by atoms with Crippen molar-refractivity contribution in [1.29, 1.82) is 0 Å². The van der Waals surface area contributed by atoms with Gasteiger partial charge in [-0.2, -0.15) is 0 Å². The van der Waals surface area contributed by atoms with Gasteiger partial charge in [0.05, 0.1) is 10.8 Å². The molecule has 0 saturated heterocycles. The van der Waals surface area contributed by atoms with Crippen LogP contribution in [0.2, 0.25) is 19.6 Å². The minimum atomic E-state index is -1.72. The molecule has 0 fully saturated rings. The van der Waals surface area contributed by atoms with Gasteiger partial charge in [0.2, 0.25) is 0 Å². The topological polar surface area (TPSA) is 30.2 Å². The first-order chi connectivity index (χ1) is 9.98. The molecule has 0 saturated carbocycles. The summed E-state index contributed by atoms with van der Waals surface area (Å²) in [5.41, 5.74) is 2.39. The summed E-state index contributed by atoms with van der Waals surface area (Å²) in [6.45, 7) is 6.73.